The second-order valence-corrected chi connectivity index (χ2v) is 4.77. The normalized spacial score (nSPS) is 10.4. The van der Waals surface area contributed by atoms with E-state index in [0.717, 1.165) is 29.2 Å². The van der Waals surface area contributed by atoms with Crippen LogP contribution in [0.2, 0.25) is 0 Å². The molecule has 2 aromatic rings. The molecule has 0 amide bonds. The number of ether oxygens (including phenoxy) is 1. The SMILES string of the molecule is CCOc1ncnc(N(CC)Cc2ccccc2N)c1C. The Morgan fingerprint density at radius 3 is 2.62 bits per heavy atom. The minimum absolute atomic E-state index is 0.592. The van der Waals surface area contributed by atoms with E-state index in [1.807, 2.05) is 38.1 Å². The van der Waals surface area contributed by atoms with Crippen molar-refractivity contribution in [3.8, 4) is 5.88 Å². The molecular formula is C16H22N4O. The van der Waals surface area contributed by atoms with Gasteiger partial charge < -0.3 is 15.4 Å². The van der Waals surface area contributed by atoms with E-state index < -0.39 is 0 Å². The Morgan fingerprint density at radius 1 is 1.19 bits per heavy atom. The number of nitrogens with zero attached hydrogens (tertiary/aromatic N) is 3. The number of aromatic nitrogens is 2. The summed E-state index contributed by atoms with van der Waals surface area (Å²) in [6.07, 6.45) is 1.55. The van der Waals surface area contributed by atoms with Gasteiger partial charge in [0.1, 0.15) is 12.1 Å². The van der Waals surface area contributed by atoms with Crippen LogP contribution in [-0.2, 0) is 6.54 Å². The first-order chi connectivity index (χ1) is 10.2. The molecule has 21 heavy (non-hydrogen) atoms. The van der Waals surface area contributed by atoms with Crippen molar-refractivity contribution < 1.29 is 4.74 Å². The first kappa shape index (κ1) is 15.1. The number of hydrogen-bond acceptors (Lipinski definition) is 5. The summed E-state index contributed by atoms with van der Waals surface area (Å²) in [6.45, 7) is 8.17. The number of nitrogens with two attached hydrogens (primary N) is 1. The highest BCUT2D eigenvalue weighted by atomic mass is 16.5. The smallest absolute Gasteiger partial charge is 0.221 e. The molecule has 0 saturated carbocycles. The number of hydrogen-bond donors (Lipinski definition) is 1. The van der Waals surface area contributed by atoms with Crippen molar-refractivity contribution in [1.82, 2.24) is 9.97 Å². The molecule has 0 bridgehead atoms. The largest absolute Gasteiger partial charge is 0.478 e. The fourth-order valence-electron chi connectivity index (χ4n) is 2.25. The van der Waals surface area contributed by atoms with E-state index in [1.54, 1.807) is 6.33 Å². The maximum atomic E-state index is 6.03. The summed E-state index contributed by atoms with van der Waals surface area (Å²) >= 11 is 0. The number of anilines is 2. The van der Waals surface area contributed by atoms with Crippen LogP contribution in [0.25, 0.3) is 0 Å². The predicted molar refractivity (Wildman–Crippen MR) is 85.5 cm³/mol. The fourth-order valence-corrected chi connectivity index (χ4v) is 2.25. The number of para-hydroxylation sites is 1. The van der Waals surface area contributed by atoms with Crippen LogP contribution in [0.4, 0.5) is 11.5 Å². The third-order valence-electron chi connectivity index (χ3n) is 3.39. The Morgan fingerprint density at radius 2 is 1.95 bits per heavy atom. The van der Waals surface area contributed by atoms with Crippen LogP contribution >= 0.6 is 0 Å². The molecule has 112 valence electrons. The molecule has 2 rings (SSSR count). The summed E-state index contributed by atoms with van der Waals surface area (Å²) in [5, 5.41) is 0. The van der Waals surface area contributed by atoms with Crippen LogP contribution < -0.4 is 15.4 Å². The Bertz CT molecular complexity index is 601. The van der Waals surface area contributed by atoms with Crippen LogP contribution in [0.5, 0.6) is 5.88 Å². The summed E-state index contributed by atoms with van der Waals surface area (Å²) < 4.78 is 5.54. The highest BCUT2D eigenvalue weighted by Gasteiger charge is 2.15. The molecule has 0 saturated heterocycles. The van der Waals surface area contributed by atoms with E-state index >= 15 is 0 Å². The van der Waals surface area contributed by atoms with Crippen LogP contribution in [0, 0.1) is 6.92 Å². The van der Waals surface area contributed by atoms with Crippen molar-refractivity contribution in [1.29, 1.82) is 0 Å². The molecule has 0 fully saturated rings. The van der Waals surface area contributed by atoms with Gasteiger partial charge >= 0.3 is 0 Å². The van der Waals surface area contributed by atoms with Gasteiger partial charge in [0.25, 0.3) is 0 Å². The van der Waals surface area contributed by atoms with Gasteiger partial charge in [0.2, 0.25) is 5.88 Å². The quantitative estimate of drug-likeness (QED) is 0.827. The molecule has 0 aliphatic rings. The molecule has 0 aliphatic heterocycles. The molecule has 1 heterocycles. The predicted octanol–water partition coefficient (Wildman–Crippen LogP) is 2.79. The third kappa shape index (κ3) is 3.42. The van der Waals surface area contributed by atoms with E-state index in [1.165, 1.54) is 0 Å². The summed E-state index contributed by atoms with van der Waals surface area (Å²) in [7, 11) is 0. The number of rotatable bonds is 6. The lowest BCUT2D eigenvalue weighted by Gasteiger charge is -2.24. The van der Waals surface area contributed by atoms with Crippen molar-refractivity contribution in [2.45, 2.75) is 27.3 Å². The van der Waals surface area contributed by atoms with Crippen LogP contribution in [0.15, 0.2) is 30.6 Å². The molecule has 0 aliphatic carbocycles. The van der Waals surface area contributed by atoms with Crippen LogP contribution in [0.1, 0.15) is 25.0 Å². The van der Waals surface area contributed by atoms with E-state index in [0.29, 0.717) is 19.0 Å². The molecule has 1 aromatic carbocycles. The van der Waals surface area contributed by atoms with Gasteiger partial charge in [-0.1, -0.05) is 18.2 Å². The van der Waals surface area contributed by atoms with E-state index in [9.17, 15) is 0 Å². The second kappa shape index (κ2) is 6.92. The standard InChI is InChI=1S/C16H22N4O/c1-4-20(10-13-8-6-7-9-14(13)17)15-12(3)16(21-5-2)19-11-18-15/h6-9,11H,4-5,10,17H2,1-3H3. The van der Waals surface area contributed by atoms with Crippen LogP contribution in [0.3, 0.4) is 0 Å². The van der Waals surface area contributed by atoms with Gasteiger partial charge in [0, 0.05) is 18.8 Å². The van der Waals surface area contributed by atoms with Crippen molar-refractivity contribution in [2.75, 3.05) is 23.8 Å². The Hall–Kier alpha value is -2.30. The lowest BCUT2D eigenvalue weighted by atomic mass is 10.1. The Kier molecular flexibility index (Phi) is 4.98. The zero-order valence-corrected chi connectivity index (χ0v) is 12.8. The van der Waals surface area contributed by atoms with Crippen molar-refractivity contribution >= 4 is 11.5 Å². The third-order valence-corrected chi connectivity index (χ3v) is 3.39. The number of benzene rings is 1. The highest BCUT2D eigenvalue weighted by Crippen LogP contribution is 2.26. The summed E-state index contributed by atoms with van der Waals surface area (Å²) in [4.78, 5) is 10.8. The maximum absolute atomic E-state index is 6.03. The van der Waals surface area contributed by atoms with Crippen LogP contribution in [-0.4, -0.2) is 23.1 Å². The second-order valence-electron chi connectivity index (χ2n) is 4.77. The Labute approximate surface area is 125 Å². The van der Waals surface area contributed by atoms with E-state index in [-0.39, 0.29) is 0 Å². The summed E-state index contributed by atoms with van der Waals surface area (Å²) in [5.74, 6) is 1.53. The molecule has 0 radical (unpaired) electrons. The van der Waals surface area contributed by atoms with E-state index in [4.69, 9.17) is 10.5 Å². The topological polar surface area (TPSA) is 64.3 Å². The monoisotopic (exact) mass is 286 g/mol. The van der Waals surface area contributed by atoms with Gasteiger partial charge in [0.15, 0.2) is 0 Å². The summed E-state index contributed by atoms with van der Waals surface area (Å²) in [6, 6.07) is 7.90. The minimum Gasteiger partial charge on any atom is -0.478 e. The molecule has 2 N–H and O–H groups in total. The zero-order chi connectivity index (χ0) is 15.2. The Balaban J connectivity index is 2.30. The molecule has 0 unspecified atom stereocenters. The van der Waals surface area contributed by atoms with Gasteiger partial charge in [-0.15, -0.1) is 0 Å². The molecule has 0 spiro atoms. The molecule has 5 nitrogen and oxygen atoms in total. The van der Waals surface area contributed by atoms with Gasteiger partial charge in [-0.05, 0) is 32.4 Å². The van der Waals surface area contributed by atoms with E-state index in [2.05, 4.69) is 21.8 Å². The van der Waals surface area contributed by atoms with Gasteiger partial charge in [-0.25, -0.2) is 9.97 Å². The lowest BCUT2D eigenvalue weighted by Crippen LogP contribution is -2.25. The van der Waals surface area contributed by atoms with Crippen molar-refractivity contribution in [2.24, 2.45) is 0 Å². The minimum atomic E-state index is 0.592. The molecule has 5 heteroatoms. The highest BCUT2D eigenvalue weighted by molar-refractivity contribution is 5.53. The molecule has 0 atom stereocenters. The van der Waals surface area contributed by atoms with Crippen molar-refractivity contribution in [3.63, 3.8) is 0 Å². The average Bonchev–Trinajstić information content (AvgIpc) is 2.49. The fraction of sp³-hybridized carbons (Fsp3) is 0.375. The lowest BCUT2D eigenvalue weighted by molar-refractivity contribution is 0.323. The van der Waals surface area contributed by atoms with Gasteiger partial charge in [-0.2, -0.15) is 0 Å². The first-order valence-corrected chi connectivity index (χ1v) is 7.20. The van der Waals surface area contributed by atoms with Gasteiger partial charge in [0.05, 0.1) is 12.2 Å². The first-order valence-electron chi connectivity index (χ1n) is 7.20. The molecule has 1 aromatic heterocycles. The molecular weight excluding hydrogens is 264 g/mol. The average molecular weight is 286 g/mol. The number of nitrogen functional groups attached to an aromatic ring is 1. The zero-order valence-electron chi connectivity index (χ0n) is 12.8. The summed E-state index contributed by atoms with van der Waals surface area (Å²) in [5.41, 5.74) is 8.88. The van der Waals surface area contributed by atoms with Crippen molar-refractivity contribution in [3.05, 3.63) is 41.7 Å². The maximum Gasteiger partial charge on any atom is 0.221 e. The van der Waals surface area contributed by atoms with Gasteiger partial charge in [-0.3, -0.25) is 0 Å².